The SMILES string of the molecule is O=CNCCc1ccc2c(n1)NCCC2. The van der Waals surface area contributed by atoms with Crippen LogP contribution in [0.3, 0.4) is 0 Å². The molecule has 0 saturated heterocycles. The Hall–Kier alpha value is -1.58. The first-order valence-electron chi connectivity index (χ1n) is 5.30. The Bertz CT molecular complexity index is 352. The second-order valence-electron chi connectivity index (χ2n) is 3.66. The highest BCUT2D eigenvalue weighted by atomic mass is 16.1. The molecule has 15 heavy (non-hydrogen) atoms. The second-order valence-corrected chi connectivity index (χ2v) is 3.66. The minimum absolute atomic E-state index is 0.648. The summed E-state index contributed by atoms with van der Waals surface area (Å²) in [5.41, 5.74) is 2.32. The summed E-state index contributed by atoms with van der Waals surface area (Å²) in [7, 11) is 0. The van der Waals surface area contributed by atoms with Gasteiger partial charge in [0.25, 0.3) is 0 Å². The Morgan fingerprint density at radius 2 is 2.47 bits per heavy atom. The van der Waals surface area contributed by atoms with Crippen molar-refractivity contribution in [3.8, 4) is 0 Å². The van der Waals surface area contributed by atoms with Gasteiger partial charge >= 0.3 is 0 Å². The van der Waals surface area contributed by atoms with Crippen LogP contribution in [0.15, 0.2) is 12.1 Å². The third-order valence-corrected chi connectivity index (χ3v) is 2.56. The monoisotopic (exact) mass is 205 g/mol. The first kappa shape index (κ1) is 9.96. The number of aryl methyl sites for hydroxylation is 1. The number of hydrogen-bond donors (Lipinski definition) is 2. The molecule has 0 saturated carbocycles. The number of carbonyl (C=O) groups is 1. The van der Waals surface area contributed by atoms with Gasteiger partial charge in [-0.15, -0.1) is 0 Å². The van der Waals surface area contributed by atoms with Crippen molar-refractivity contribution in [2.75, 3.05) is 18.4 Å². The molecule has 0 spiro atoms. The van der Waals surface area contributed by atoms with Gasteiger partial charge in [0.15, 0.2) is 0 Å². The van der Waals surface area contributed by atoms with Crippen molar-refractivity contribution < 1.29 is 4.79 Å². The molecule has 1 amide bonds. The zero-order valence-electron chi connectivity index (χ0n) is 8.62. The molecule has 80 valence electrons. The van der Waals surface area contributed by atoms with E-state index in [1.165, 1.54) is 12.0 Å². The van der Waals surface area contributed by atoms with Crippen LogP contribution in [0.25, 0.3) is 0 Å². The highest BCUT2D eigenvalue weighted by molar-refractivity contribution is 5.47. The molecule has 0 unspecified atom stereocenters. The highest BCUT2D eigenvalue weighted by Crippen LogP contribution is 2.19. The number of rotatable bonds is 4. The van der Waals surface area contributed by atoms with Crippen LogP contribution in [-0.4, -0.2) is 24.5 Å². The Morgan fingerprint density at radius 3 is 3.33 bits per heavy atom. The van der Waals surface area contributed by atoms with E-state index in [1.807, 2.05) is 6.07 Å². The lowest BCUT2D eigenvalue weighted by atomic mass is 10.1. The molecule has 2 rings (SSSR count). The number of fused-ring (bicyclic) bond motifs is 1. The Kier molecular flexibility index (Phi) is 3.17. The number of nitrogens with one attached hydrogen (secondary N) is 2. The second kappa shape index (κ2) is 4.77. The number of anilines is 1. The van der Waals surface area contributed by atoms with Crippen molar-refractivity contribution in [1.29, 1.82) is 0 Å². The van der Waals surface area contributed by atoms with Gasteiger partial charge in [0.1, 0.15) is 5.82 Å². The van der Waals surface area contributed by atoms with Gasteiger partial charge in [-0.1, -0.05) is 6.07 Å². The maximum absolute atomic E-state index is 10.1. The van der Waals surface area contributed by atoms with Gasteiger partial charge in [0.05, 0.1) is 0 Å². The van der Waals surface area contributed by atoms with E-state index >= 15 is 0 Å². The summed E-state index contributed by atoms with van der Waals surface area (Å²) in [4.78, 5) is 14.6. The third kappa shape index (κ3) is 2.46. The van der Waals surface area contributed by atoms with Crippen molar-refractivity contribution in [2.24, 2.45) is 0 Å². The lowest BCUT2D eigenvalue weighted by Gasteiger charge is -2.17. The predicted octanol–water partition coefficient (Wildman–Crippen LogP) is 0.728. The minimum atomic E-state index is 0.648. The van der Waals surface area contributed by atoms with E-state index < -0.39 is 0 Å². The van der Waals surface area contributed by atoms with Crippen molar-refractivity contribution in [3.05, 3.63) is 23.4 Å². The van der Waals surface area contributed by atoms with Crippen molar-refractivity contribution >= 4 is 12.2 Å². The predicted molar refractivity (Wildman–Crippen MR) is 58.8 cm³/mol. The fourth-order valence-corrected chi connectivity index (χ4v) is 1.77. The van der Waals surface area contributed by atoms with E-state index in [9.17, 15) is 4.79 Å². The van der Waals surface area contributed by atoms with Gasteiger partial charge in [-0.25, -0.2) is 4.98 Å². The van der Waals surface area contributed by atoms with Crippen LogP contribution in [0.4, 0.5) is 5.82 Å². The summed E-state index contributed by atoms with van der Waals surface area (Å²) >= 11 is 0. The van der Waals surface area contributed by atoms with Gasteiger partial charge in [0.2, 0.25) is 6.41 Å². The lowest BCUT2D eigenvalue weighted by Crippen LogP contribution is -2.17. The van der Waals surface area contributed by atoms with Crippen LogP contribution in [0.2, 0.25) is 0 Å². The Labute approximate surface area is 89.1 Å². The summed E-state index contributed by atoms with van der Waals surface area (Å²) in [6.07, 6.45) is 3.80. The minimum Gasteiger partial charge on any atom is -0.370 e. The molecule has 4 nitrogen and oxygen atoms in total. The summed E-state index contributed by atoms with van der Waals surface area (Å²) in [6.45, 7) is 1.66. The van der Waals surface area contributed by atoms with Gasteiger partial charge in [-0.2, -0.15) is 0 Å². The molecule has 0 radical (unpaired) electrons. The molecular formula is C11H15N3O. The van der Waals surface area contributed by atoms with E-state index in [0.717, 1.165) is 37.3 Å². The lowest BCUT2D eigenvalue weighted by molar-refractivity contribution is -0.109. The van der Waals surface area contributed by atoms with Crippen LogP contribution in [0.5, 0.6) is 0 Å². The number of nitrogens with zero attached hydrogens (tertiary/aromatic N) is 1. The fraction of sp³-hybridized carbons (Fsp3) is 0.455. The number of carbonyl (C=O) groups excluding carboxylic acids is 1. The van der Waals surface area contributed by atoms with Gasteiger partial charge in [-0.3, -0.25) is 4.79 Å². The highest BCUT2D eigenvalue weighted by Gasteiger charge is 2.09. The van der Waals surface area contributed by atoms with E-state index in [-0.39, 0.29) is 0 Å². The molecule has 2 heterocycles. The largest absolute Gasteiger partial charge is 0.370 e. The summed E-state index contributed by atoms with van der Waals surface area (Å²) in [5.74, 6) is 1.02. The standard InChI is InChI=1S/C11H15N3O/c15-8-12-7-5-10-4-3-9-2-1-6-13-11(9)14-10/h3-4,8H,1-2,5-7H2,(H,12,15)(H,13,14). The maximum Gasteiger partial charge on any atom is 0.207 e. The summed E-state index contributed by atoms with van der Waals surface area (Å²) < 4.78 is 0. The molecule has 0 aliphatic carbocycles. The zero-order valence-corrected chi connectivity index (χ0v) is 8.62. The molecule has 0 atom stereocenters. The topological polar surface area (TPSA) is 54.0 Å². The van der Waals surface area contributed by atoms with Crippen LogP contribution in [-0.2, 0) is 17.6 Å². The Morgan fingerprint density at radius 1 is 1.53 bits per heavy atom. The van der Waals surface area contributed by atoms with E-state index in [1.54, 1.807) is 0 Å². The van der Waals surface area contributed by atoms with Gasteiger partial charge < -0.3 is 10.6 Å². The fourth-order valence-electron chi connectivity index (χ4n) is 1.77. The molecule has 0 fully saturated rings. The average molecular weight is 205 g/mol. The molecule has 1 aliphatic rings. The van der Waals surface area contributed by atoms with E-state index in [4.69, 9.17) is 0 Å². The summed E-state index contributed by atoms with van der Waals surface area (Å²) in [5, 5.41) is 5.93. The van der Waals surface area contributed by atoms with E-state index in [0.29, 0.717) is 6.54 Å². The number of hydrogen-bond acceptors (Lipinski definition) is 3. The van der Waals surface area contributed by atoms with Gasteiger partial charge in [-0.05, 0) is 24.5 Å². The molecule has 0 bridgehead atoms. The number of pyridine rings is 1. The van der Waals surface area contributed by atoms with Crippen LogP contribution in [0, 0.1) is 0 Å². The van der Waals surface area contributed by atoms with Gasteiger partial charge in [0, 0.05) is 25.2 Å². The molecule has 2 N–H and O–H groups in total. The van der Waals surface area contributed by atoms with E-state index in [2.05, 4.69) is 21.7 Å². The number of aromatic nitrogens is 1. The smallest absolute Gasteiger partial charge is 0.207 e. The molecule has 4 heteroatoms. The maximum atomic E-state index is 10.1. The first-order chi connectivity index (χ1) is 7.40. The van der Waals surface area contributed by atoms with Crippen LogP contribution in [0.1, 0.15) is 17.7 Å². The Balaban J connectivity index is 2.03. The van der Waals surface area contributed by atoms with Crippen molar-refractivity contribution in [1.82, 2.24) is 10.3 Å². The van der Waals surface area contributed by atoms with Crippen LogP contribution < -0.4 is 10.6 Å². The molecule has 0 aromatic carbocycles. The third-order valence-electron chi connectivity index (χ3n) is 2.56. The molecular weight excluding hydrogens is 190 g/mol. The summed E-state index contributed by atoms with van der Waals surface area (Å²) in [6, 6.07) is 4.17. The molecule has 1 aromatic rings. The number of amides is 1. The molecule has 1 aromatic heterocycles. The van der Waals surface area contributed by atoms with Crippen LogP contribution >= 0.6 is 0 Å². The average Bonchev–Trinajstić information content (AvgIpc) is 2.29. The van der Waals surface area contributed by atoms with Crippen molar-refractivity contribution in [2.45, 2.75) is 19.3 Å². The first-order valence-corrected chi connectivity index (χ1v) is 5.30. The molecule has 1 aliphatic heterocycles. The van der Waals surface area contributed by atoms with Crippen molar-refractivity contribution in [3.63, 3.8) is 0 Å². The quantitative estimate of drug-likeness (QED) is 0.563. The zero-order chi connectivity index (χ0) is 10.5. The normalized spacial score (nSPS) is 13.9.